The molecule has 1 aliphatic rings. The Bertz CT molecular complexity index is 1800. The van der Waals surface area contributed by atoms with Gasteiger partial charge in [0.1, 0.15) is 11.5 Å². The summed E-state index contributed by atoms with van der Waals surface area (Å²) in [4.78, 5) is 43.5. The van der Waals surface area contributed by atoms with Crippen LogP contribution in [0.5, 0.6) is 0 Å². The minimum Gasteiger partial charge on any atom is -0.463 e. The number of nitrogens with zero attached hydrogens (tertiary/aromatic N) is 3. The van der Waals surface area contributed by atoms with Crippen LogP contribution in [0.15, 0.2) is 91.0 Å². The SMILES string of the molecule is CCOC(=O)C1=C(C)N=c2sc(=Cc3ccc(-c4cccc([N+](=O)[O-])c4)o3)c(=O)n2C1c1ccc(SC)cc1. The number of furan rings is 1. The van der Waals surface area contributed by atoms with Crippen LogP contribution in [-0.4, -0.2) is 28.3 Å². The molecule has 0 aliphatic carbocycles. The van der Waals surface area contributed by atoms with Crippen LogP contribution in [0.3, 0.4) is 0 Å². The van der Waals surface area contributed by atoms with Crippen LogP contribution >= 0.6 is 23.1 Å². The van der Waals surface area contributed by atoms with Crippen molar-refractivity contribution in [3.05, 3.63) is 113 Å². The molecule has 3 heterocycles. The Kier molecular flexibility index (Phi) is 7.36. The fourth-order valence-corrected chi connectivity index (χ4v) is 5.82. The molecule has 4 aromatic rings. The van der Waals surface area contributed by atoms with E-state index in [1.54, 1.807) is 56.0 Å². The fourth-order valence-electron chi connectivity index (χ4n) is 4.38. The number of esters is 1. The van der Waals surface area contributed by atoms with Gasteiger partial charge in [0, 0.05) is 28.7 Å². The van der Waals surface area contributed by atoms with Crippen molar-refractivity contribution in [1.29, 1.82) is 0 Å². The lowest BCUT2D eigenvalue weighted by Gasteiger charge is -2.24. The Morgan fingerprint density at radius 3 is 2.69 bits per heavy atom. The molecule has 0 bridgehead atoms. The fraction of sp³-hybridized carbons (Fsp3) is 0.179. The number of carbonyl (C=O) groups excluding carboxylic acids is 1. The van der Waals surface area contributed by atoms with Gasteiger partial charge in [-0.3, -0.25) is 19.5 Å². The summed E-state index contributed by atoms with van der Waals surface area (Å²) in [6.45, 7) is 3.67. The van der Waals surface area contributed by atoms with Gasteiger partial charge in [-0.15, -0.1) is 11.8 Å². The number of benzene rings is 2. The van der Waals surface area contributed by atoms with E-state index in [1.807, 2.05) is 30.5 Å². The maximum atomic E-state index is 13.7. The molecule has 198 valence electrons. The monoisotopic (exact) mass is 561 g/mol. The molecular weight excluding hydrogens is 538 g/mol. The zero-order valence-electron chi connectivity index (χ0n) is 21.2. The van der Waals surface area contributed by atoms with Gasteiger partial charge in [0.15, 0.2) is 4.80 Å². The molecule has 39 heavy (non-hydrogen) atoms. The van der Waals surface area contributed by atoms with E-state index < -0.39 is 16.9 Å². The first kappa shape index (κ1) is 26.4. The van der Waals surface area contributed by atoms with Crippen molar-refractivity contribution < 1.29 is 18.9 Å². The van der Waals surface area contributed by atoms with Crippen molar-refractivity contribution in [3.8, 4) is 11.3 Å². The summed E-state index contributed by atoms with van der Waals surface area (Å²) in [7, 11) is 0. The smallest absolute Gasteiger partial charge is 0.338 e. The largest absolute Gasteiger partial charge is 0.463 e. The molecule has 2 aromatic heterocycles. The van der Waals surface area contributed by atoms with Gasteiger partial charge in [-0.2, -0.15) is 0 Å². The number of aromatic nitrogens is 1. The molecule has 0 saturated heterocycles. The highest BCUT2D eigenvalue weighted by atomic mass is 32.2. The molecule has 0 spiro atoms. The number of nitro benzene ring substituents is 1. The Morgan fingerprint density at radius 2 is 2.00 bits per heavy atom. The maximum absolute atomic E-state index is 13.7. The molecule has 5 rings (SSSR count). The van der Waals surface area contributed by atoms with Gasteiger partial charge in [-0.25, -0.2) is 9.79 Å². The van der Waals surface area contributed by atoms with Crippen LogP contribution in [0.25, 0.3) is 17.4 Å². The van der Waals surface area contributed by atoms with Crippen LogP contribution in [0, 0.1) is 10.1 Å². The molecule has 9 nitrogen and oxygen atoms in total. The summed E-state index contributed by atoms with van der Waals surface area (Å²) < 4.78 is 13.1. The van der Waals surface area contributed by atoms with E-state index >= 15 is 0 Å². The Labute approximate surface area is 230 Å². The number of hydrogen-bond acceptors (Lipinski definition) is 9. The summed E-state index contributed by atoms with van der Waals surface area (Å²) in [5.41, 5.74) is 1.76. The molecule has 0 radical (unpaired) electrons. The van der Waals surface area contributed by atoms with Gasteiger partial charge >= 0.3 is 5.97 Å². The lowest BCUT2D eigenvalue weighted by Crippen LogP contribution is -2.39. The van der Waals surface area contributed by atoms with Crippen LogP contribution in [0.1, 0.15) is 31.2 Å². The zero-order chi connectivity index (χ0) is 27.7. The predicted octanol–water partition coefficient (Wildman–Crippen LogP) is 4.69. The first-order chi connectivity index (χ1) is 18.8. The van der Waals surface area contributed by atoms with Crippen molar-refractivity contribution in [3.63, 3.8) is 0 Å². The Hall–Kier alpha value is -4.22. The van der Waals surface area contributed by atoms with Crippen molar-refractivity contribution in [2.75, 3.05) is 12.9 Å². The van der Waals surface area contributed by atoms with Crippen LogP contribution in [0.4, 0.5) is 5.69 Å². The molecule has 1 aliphatic heterocycles. The highest BCUT2D eigenvalue weighted by Crippen LogP contribution is 2.32. The average molecular weight is 562 g/mol. The number of carbonyl (C=O) groups is 1. The van der Waals surface area contributed by atoms with E-state index in [0.29, 0.717) is 37.7 Å². The van der Waals surface area contributed by atoms with Crippen molar-refractivity contribution in [2.24, 2.45) is 4.99 Å². The van der Waals surface area contributed by atoms with Gasteiger partial charge in [0.2, 0.25) is 0 Å². The minimum atomic E-state index is -0.699. The number of allylic oxidation sites excluding steroid dienone is 1. The topological polar surface area (TPSA) is 117 Å². The lowest BCUT2D eigenvalue weighted by atomic mass is 9.96. The summed E-state index contributed by atoms with van der Waals surface area (Å²) >= 11 is 2.79. The second-order valence-corrected chi connectivity index (χ2v) is 10.5. The van der Waals surface area contributed by atoms with E-state index in [9.17, 15) is 19.7 Å². The minimum absolute atomic E-state index is 0.0444. The predicted molar refractivity (Wildman–Crippen MR) is 149 cm³/mol. The summed E-state index contributed by atoms with van der Waals surface area (Å²) in [5.74, 6) is 0.327. The van der Waals surface area contributed by atoms with E-state index in [0.717, 1.165) is 10.5 Å². The number of thiazole rings is 1. The number of ether oxygens (including phenoxy) is 1. The van der Waals surface area contributed by atoms with E-state index in [4.69, 9.17) is 9.15 Å². The van der Waals surface area contributed by atoms with E-state index in [1.165, 1.54) is 28.0 Å². The molecule has 1 atom stereocenters. The number of non-ortho nitro benzene ring substituents is 1. The number of hydrogen-bond donors (Lipinski definition) is 0. The molecule has 2 aromatic carbocycles. The maximum Gasteiger partial charge on any atom is 0.338 e. The zero-order valence-corrected chi connectivity index (χ0v) is 22.9. The van der Waals surface area contributed by atoms with Gasteiger partial charge in [0.25, 0.3) is 11.2 Å². The van der Waals surface area contributed by atoms with Gasteiger partial charge in [-0.05, 0) is 49.9 Å². The number of nitro groups is 1. The van der Waals surface area contributed by atoms with E-state index in [2.05, 4.69) is 4.99 Å². The number of rotatable bonds is 7. The third-order valence-electron chi connectivity index (χ3n) is 6.19. The highest BCUT2D eigenvalue weighted by Gasteiger charge is 2.33. The van der Waals surface area contributed by atoms with Gasteiger partial charge < -0.3 is 9.15 Å². The van der Waals surface area contributed by atoms with Crippen molar-refractivity contribution >= 4 is 40.8 Å². The summed E-state index contributed by atoms with van der Waals surface area (Å²) in [6.07, 6.45) is 3.59. The van der Waals surface area contributed by atoms with Crippen molar-refractivity contribution in [2.45, 2.75) is 24.8 Å². The third-order valence-corrected chi connectivity index (χ3v) is 7.92. The normalized spacial score (nSPS) is 15.2. The second kappa shape index (κ2) is 10.9. The standard InChI is InChI=1S/C28H23N3O6S2/c1-4-36-27(33)24-16(2)29-28-30(25(24)17-8-11-21(38-3)12-9-17)26(32)23(39-28)15-20-10-13-22(37-20)18-6-5-7-19(14-18)31(34)35/h5-15,25H,4H2,1-3H3. The molecule has 0 fully saturated rings. The Morgan fingerprint density at radius 1 is 1.23 bits per heavy atom. The number of thioether (sulfide) groups is 1. The third kappa shape index (κ3) is 5.10. The Balaban J connectivity index is 1.61. The first-order valence-electron chi connectivity index (χ1n) is 12.0. The molecular formula is C28H23N3O6S2. The average Bonchev–Trinajstić information content (AvgIpc) is 3.52. The van der Waals surface area contributed by atoms with Crippen LogP contribution < -0.4 is 14.9 Å². The summed E-state index contributed by atoms with van der Waals surface area (Å²) in [6, 6.07) is 16.5. The van der Waals surface area contributed by atoms with E-state index in [-0.39, 0.29) is 17.9 Å². The second-order valence-electron chi connectivity index (χ2n) is 8.58. The highest BCUT2D eigenvalue weighted by molar-refractivity contribution is 7.98. The van der Waals surface area contributed by atoms with Gasteiger partial charge in [0.05, 0.1) is 33.4 Å². The lowest BCUT2D eigenvalue weighted by molar-refractivity contribution is -0.384. The molecule has 0 saturated carbocycles. The van der Waals surface area contributed by atoms with Crippen molar-refractivity contribution in [1.82, 2.24) is 4.57 Å². The molecule has 1 unspecified atom stereocenters. The molecule has 0 N–H and O–H groups in total. The first-order valence-corrected chi connectivity index (χ1v) is 14.0. The van der Waals surface area contributed by atoms with Crippen LogP contribution in [0.2, 0.25) is 0 Å². The molecule has 11 heteroatoms. The van der Waals surface area contributed by atoms with Gasteiger partial charge in [-0.1, -0.05) is 35.6 Å². The number of fused-ring (bicyclic) bond motifs is 1. The quantitative estimate of drug-likeness (QED) is 0.139. The van der Waals surface area contributed by atoms with Crippen LogP contribution in [-0.2, 0) is 9.53 Å². The molecule has 0 amide bonds. The summed E-state index contributed by atoms with van der Waals surface area (Å²) in [5, 5.41) is 11.1.